The van der Waals surface area contributed by atoms with Crippen LogP contribution in [0.5, 0.6) is 0 Å². The third-order valence-electron chi connectivity index (χ3n) is 11.8. The molecule has 0 bridgehead atoms. The maximum Gasteiger partial charge on any atom is 0.306 e. The van der Waals surface area contributed by atoms with Gasteiger partial charge in [0.2, 0.25) is 0 Å². The van der Waals surface area contributed by atoms with E-state index in [1.165, 1.54) is 44.9 Å². The molecule has 1 atom stereocenters. The molecule has 0 spiro atoms. The molecule has 0 amide bonds. The molecule has 0 heterocycles. The van der Waals surface area contributed by atoms with E-state index in [9.17, 15) is 14.4 Å². The molecular formula is C68H106O6. The van der Waals surface area contributed by atoms with Crippen molar-refractivity contribution in [1.82, 2.24) is 0 Å². The SMILES string of the molecule is CC/C=C\C/C=C\C/C=C\C/C=C\C/C=C\C/C=C\C/C=C\C/C=C\C/C=C\CCCCCCCC(=O)OCC(COC(=O)CCCCCCCCCCCC)OC(=O)CC/C=C\C/C=C\C/C=C\C/C=C\CC. The highest BCUT2D eigenvalue weighted by molar-refractivity contribution is 5.71. The Morgan fingerprint density at radius 2 is 0.554 bits per heavy atom. The molecule has 6 heteroatoms. The van der Waals surface area contributed by atoms with Crippen LogP contribution in [0.3, 0.4) is 0 Å². The molecule has 0 aliphatic rings. The van der Waals surface area contributed by atoms with E-state index in [0.29, 0.717) is 19.3 Å². The Bertz CT molecular complexity index is 1690. The number of carbonyl (C=O) groups excluding carboxylic acids is 3. The van der Waals surface area contributed by atoms with Gasteiger partial charge in [-0.05, 0) is 116 Å². The van der Waals surface area contributed by atoms with Crippen molar-refractivity contribution in [1.29, 1.82) is 0 Å². The van der Waals surface area contributed by atoms with Gasteiger partial charge in [-0.3, -0.25) is 14.4 Å². The summed E-state index contributed by atoms with van der Waals surface area (Å²) in [5.74, 6) is -1.03. The third kappa shape index (κ3) is 57.9. The van der Waals surface area contributed by atoms with Gasteiger partial charge in [0.1, 0.15) is 13.2 Å². The van der Waals surface area contributed by atoms with Crippen molar-refractivity contribution in [3.63, 3.8) is 0 Å². The summed E-state index contributed by atoms with van der Waals surface area (Å²) in [5, 5.41) is 0. The first kappa shape index (κ1) is 69.0. The number of ether oxygens (including phenoxy) is 3. The van der Waals surface area contributed by atoms with Gasteiger partial charge in [-0.2, -0.15) is 0 Å². The van der Waals surface area contributed by atoms with Crippen LogP contribution in [0.1, 0.15) is 233 Å². The molecule has 414 valence electrons. The van der Waals surface area contributed by atoms with Crippen molar-refractivity contribution in [2.75, 3.05) is 13.2 Å². The molecule has 6 nitrogen and oxygen atoms in total. The normalized spacial score (nSPS) is 13.3. The Morgan fingerprint density at radius 3 is 0.878 bits per heavy atom. The first-order valence-corrected chi connectivity index (χ1v) is 29.5. The van der Waals surface area contributed by atoms with E-state index in [1.807, 2.05) is 12.2 Å². The second-order valence-electron chi connectivity index (χ2n) is 18.8. The van der Waals surface area contributed by atoms with Gasteiger partial charge < -0.3 is 14.2 Å². The zero-order valence-corrected chi connectivity index (χ0v) is 47.3. The molecular weight excluding hydrogens is 913 g/mol. The van der Waals surface area contributed by atoms with Crippen LogP contribution < -0.4 is 0 Å². The van der Waals surface area contributed by atoms with E-state index >= 15 is 0 Å². The standard InChI is InChI=1S/C68H106O6/c1-4-7-10-13-16-19-22-24-25-26-27-28-29-30-31-32-33-34-35-36-37-38-39-40-41-42-43-45-46-49-52-55-58-61-67(70)73-64-65(63-72-66(69)60-57-54-51-48-21-18-15-12-9-6-3)74-68(71)62-59-56-53-50-47-44-23-20-17-14-11-8-5-2/h7-8,10-11,16-17,19-20,24-25,27-28,30-31,33-34,36-37,39-40,42-44,47,53,56,65H,4-6,9,12-15,18,21-23,26,29,32,35,38,41,45-46,48-52,54-55,57-64H2,1-3H3/b10-7-,11-8-,19-16-,20-17-,25-24-,28-27-,31-30-,34-33-,37-36-,40-39-,43-42-,47-44-,56-53-. The molecule has 0 N–H and O–H groups in total. The number of esters is 3. The predicted octanol–water partition coefficient (Wildman–Crippen LogP) is 20.1. The van der Waals surface area contributed by atoms with Gasteiger partial charge in [-0.1, -0.05) is 256 Å². The lowest BCUT2D eigenvalue weighted by atomic mass is 10.1. The first-order chi connectivity index (χ1) is 36.5. The predicted molar refractivity (Wildman–Crippen MR) is 320 cm³/mol. The van der Waals surface area contributed by atoms with Gasteiger partial charge in [-0.25, -0.2) is 0 Å². The van der Waals surface area contributed by atoms with Crippen LogP contribution in [0, 0.1) is 0 Å². The van der Waals surface area contributed by atoms with E-state index in [0.717, 1.165) is 141 Å². The molecule has 0 saturated heterocycles. The summed E-state index contributed by atoms with van der Waals surface area (Å²) in [6.07, 6.45) is 88.4. The molecule has 0 rings (SSSR count). The van der Waals surface area contributed by atoms with Crippen LogP contribution in [0.2, 0.25) is 0 Å². The van der Waals surface area contributed by atoms with Crippen molar-refractivity contribution >= 4 is 17.9 Å². The van der Waals surface area contributed by atoms with E-state index in [4.69, 9.17) is 14.2 Å². The number of carbonyl (C=O) groups is 3. The van der Waals surface area contributed by atoms with Gasteiger partial charge >= 0.3 is 17.9 Å². The van der Waals surface area contributed by atoms with E-state index in [1.54, 1.807) is 0 Å². The summed E-state index contributed by atoms with van der Waals surface area (Å²) < 4.78 is 16.7. The second kappa shape index (κ2) is 60.6. The van der Waals surface area contributed by atoms with Crippen LogP contribution in [0.15, 0.2) is 158 Å². The highest BCUT2D eigenvalue weighted by Crippen LogP contribution is 2.13. The number of unbranched alkanes of at least 4 members (excludes halogenated alkanes) is 14. The number of hydrogen-bond acceptors (Lipinski definition) is 6. The number of allylic oxidation sites excluding steroid dienone is 26. The smallest absolute Gasteiger partial charge is 0.306 e. The Morgan fingerprint density at radius 1 is 0.284 bits per heavy atom. The van der Waals surface area contributed by atoms with Crippen molar-refractivity contribution in [2.24, 2.45) is 0 Å². The van der Waals surface area contributed by atoms with Crippen LogP contribution in [0.25, 0.3) is 0 Å². The largest absolute Gasteiger partial charge is 0.462 e. The maximum absolute atomic E-state index is 12.8. The van der Waals surface area contributed by atoms with Gasteiger partial charge in [0.25, 0.3) is 0 Å². The Balaban J connectivity index is 4.31. The maximum atomic E-state index is 12.8. The topological polar surface area (TPSA) is 78.9 Å². The van der Waals surface area contributed by atoms with Crippen LogP contribution >= 0.6 is 0 Å². The molecule has 0 saturated carbocycles. The molecule has 0 aromatic rings. The minimum Gasteiger partial charge on any atom is -0.462 e. The van der Waals surface area contributed by atoms with E-state index in [2.05, 4.69) is 167 Å². The molecule has 74 heavy (non-hydrogen) atoms. The molecule has 0 aliphatic heterocycles. The summed E-state index contributed by atoms with van der Waals surface area (Å²) >= 11 is 0. The fraction of sp³-hybridized carbons (Fsp3) is 0.574. The zero-order valence-electron chi connectivity index (χ0n) is 47.3. The second-order valence-corrected chi connectivity index (χ2v) is 18.8. The van der Waals surface area contributed by atoms with Crippen LogP contribution in [-0.4, -0.2) is 37.2 Å². The van der Waals surface area contributed by atoms with Gasteiger partial charge in [0, 0.05) is 19.3 Å². The lowest BCUT2D eigenvalue weighted by molar-refractivity contribution is -0.166. The Hall–Kier alpha value is -4.97. The molecule has 0 fully saturated rings. The quantitative estimate of drug-likeness (QED) is 0.0261. The first-order valence-electron chi connectivity index (χ1n) is 29.5. The fourth-order valence-electron chi connectivity index (χ4n) is 7.45. The summed E-state index contributed by atoms with van der Waals surface area (Å²) in [5.41, 5.74) is 0. The average molecular weight is 1020 g/mol. The third-order valence-corrected chi connectivity index (χ3v) is 11.8. The lowest BCUT2D eigenvalue weighted by Crippen LogP contribution is -2.30. The summed E-state index contributed by atoms with van der Waals surface area (Å²) in [7, 11) is 0. The van der Waals surface area contributed by atoms with Crippen molar-refractivity contribution < 1.29 is 28.6 Å². The minimum absolute atomic E-state index is 0.117. The number of hydrogen-bond donors (Lipinski definition) is 0. The molecule has 0 radical (unpaired) electrons. The monoisotopic (exact) mass is 1020 g/mol. The minimum atomic E-state index is -0.828. The molecule has 0 aliphatic carbocycles. The molecule has 0 aromatic carbocycles. The summed E-state index contributed by atoms with van der Waals surface area (Å²) in [6.45, 7) is 6.30. The van der Waals surface area contributed by atoms with E-state index in [-0.39, 0.29) is 31.6 Å². The average Bonchev–Trinajstić information content (AvgIpc) is 3.40. The summed E-state index contributed by atoms with van der Waals surface area (Å²) in [6, 6.07) is 0. The van der Waals surface area contributed by atoms with Crippen LogP contribution in [-0.2, 0) is 28.6 Å². The summed E-state index contributed by atoms with van der Waals surface area (Å²) in [4.78, 5) is 38.0. The lowest BCUT2D eigenvalue weighted by Gasteiger charge is -2.18. The zero-order chi connectivity index (χ0) is 53.6. The van der Waals surface area contributed by atoms with Gasteiger partial charge in [-0.15, -0.1) is 0 Å². The van der Waals surface area contributed by atoms with Gasteiger partial charge in [0.15, 0.2) is 6.10 Å². The van der Waals surface area contributed by atoms with Crippen molar-refractivity contribution in [3.05, 3.63) is 158 Å². The van der Waals surface area contributed by atoms with Crippen LogP contribution in [0.4, 0.5) is 0 Å². The van der Waals surface area contributed by atoms with Crippen molar-refractivity contribution in [2.45, 2.75) is 239 Å². The highest BCUT2D eigenvalue weighted by atomic mass is 16.6. The highest BCUT2D eigenvalue weighted by Gasteiger charge is 2.19. The number of rotatable bonds is 51. The Kier molecular flexibility index (Phi) is 56.5. The van der Waals surface area contributed by atoms with Crippen molar-refractivity contribution in [3.8, 4) is 0 Å². The fourth-order valence-corrected chi connectivity index (χ4v) is 7.45. The molecule has 1 unspecified atom stereocenters. The Labute approximate surface area is 454 Å². The molecule has 0 aromatic heterocycles. The van der Waals surface area contributed by atoms with E-state index < -0.39 is 12.1 Å². The van der Waals surface area contributed by atoms with Gasteiger partial charge in [0.05, 0.1) is 0 Å².